The SMILES string of the molecule is CCCCCCCCCCCCB1OCCNCCO1. The maximum atomic E-state index is 5.68. The Balaban J connectivity index is 1.81. The quantitative estimate of drug-likeness (QED) is 0.458. The molecule has 1 aliphatic heterocycles. The number of unbranched alkanes of at least 4 members (excludes halogenated alkanes) is 9. The summed E-state index contributed by atoms with van der Waals surface area (Å²) in [6.45, 7) is 5.75. The van der Waals surface area contributed by atoms with E-state index in [1.807, 2.05) is 0 Å². The van der Waals surface area contributed by atoms with Crippen molar-refractivity contribution in [1.29, 1.82) is 0 Å². The Kier molecular flexibility index (Phi) is 12.5. The van der Waals surface area contributed by atoms with Crippen LogP contribution in [0.25, 0.3) is 0 Å². The predicted octanol–water partition coefficient (Wildman–Crippen LogP) is 4.03. The molecule has 1 rings (SSSR count). The third kappa shape index (κ3) is 10.7. The van der Waals surface area contributed by atoms with Crippen LogP contribution in [0, 0.1) is 0 Å². The lowest BCUT2D eigenvalue weighted by Gasteiger charge is -2.18. The third-order valence-corrected chi connectivity index (χ3v) is 3.96. The van der Waals surface area contributed by atoms with Gasteiger partial charge in [0.25, 0.3) is 0 Å². The van der Waals surface area contributed by atoms with E-state index in [9.17, 15) is 0 Å². The van der Waals surface area contributed by atoms with Crippen molar-refractivity contribution in [3.63, 3.8) is 0 Å². The van der Waals surface area contributed by atoms with Crippen LogP contribution in [0.5, 0.6) is 0 Å². The third-order valence-electron chi connectivity index (χ3n) is 3.96. The molecule has 4 heteroatoms. The average molecular weight is 283 g/mol. The first-order valence-corrected chi connectivity index (χ1v) is 8.87. The van der Waals surface area contributed by atoms with E-state index in [0.29, 0.717) is 0 Å². The van der Waals surface area contributed by atoms with Gasteiger partial charge in [-0.15, -0.1) is 0 Å². The average Bonchev–Trinajstić information content (AvgIpc) is 2.42. The maximum absolute atomic E-state index is 5.68. The summed E-state index contributed by atoms with van der Waals surface area (Å²) in [4.78, 5) is 0. The van der Waals surface area contributed by atoms with Gasteiger partial charge in [0.15, 0.2) is 0 Å². The minimum Gasteiger partial charge on any atom is -0.410 e. The van der Waals surface area contributed by atoms with Crippen molar-refractivity contribution in [2.75, 3.05) is 26.3 Å². The molecule has 0 aromatic carbocycles. The molecule has 0 atom stereocenters. The number of hydrogen-bond donors (Lipinski definition) is 1. The molecule has 3 nitrogen and oxygen atoms in total. The van der Waals surface area contributed by atoms with Crippen molar-refractivity contribution in [2.45, 2.75) is 77.5 Å². The summed E-state index contributed by atoms with van der Waals surface area (Å²) in [6, 6.07) is 0. The highest BCUT2D eigenvalue weighted by Crippen LogP contribution is 2.13. The summed E-state index contributed by atoms with van der Waals surface area (Å²) in [7, 11) is 0.0474. The van der Waals surface area contributed by atoms with Crippen LogP contribution in [-0.2, 0) is 9.31 Å². The molecule has 0 radical (unpaired) electrons. The molecule has 1 fully saturated rings. The smallest absolute Gasteiger partial charge is 0.410 e. The molecule has 0 saturated carbocycles. The van der Waals surface area contributed by atoms with Crippen molar-refractivity contribution >= 4 is 7.12 Å². The molecule has 1 heterocycles. The van der Waals surface area contributed by atoms with Crippen molar-refractivity contribution in [2.24, 2.45) is 0 Å². The van der Waals surface area contributed by atoms with E-state index in [0.717, 1.165) is 32.6 Å². The van der Waals surface area contributed by atoms with Crippen molar-refractivity contribution in [3.8, 4) is 0 Å². The molecular weight excluding hydrogens is 249 g/mol. The number of nitrogens with one attached hydrogen (secondary N) is 1. The van der Waals surface area contributed by atoms with Crippen LogP contribution >= 0.6 is 0 Å². The molecule has 0 spiro atoms. The van der Waals surface area contributed by atoms with Crippen LogP contribution in [0.2, 0.25) is 6.32 Å². The van der Waals surface area contributed by atoms with Gasteiger partial charge in [-0.1, -0.05) is 71.1 Å². The predicted molar refractivity (Wildman–Crippen MR) is 87.2 cm³/mol. The molecule has 0 aromatic rings. The minimum atomic E-state index is 0.0474. The Morgan fingerprint density at radius 3 is 1.80 bits per heavy atom. The number of hydrogen-bond acceptors (Lipinski definition) is 3. The highest BCUT2D eigenvalue weighted by atomic mass is 16.6. The highest BCUT2D eigenvalue weighted by Gasteiger charge is 2.18. The zero-order valence-electron chi connectivity index (χ0n) is 13.5. The fourth-order valence-corrected chi connectivity index (χ4v) is 2.66. The summed E-state index contributed by atoms with van der Waals surface area (Å²) < 4.78 is 11.4. The summed E-state index contributed by atoms with van der Waals surface area (Å²) in [6.07, 6.45) is 14.9. The van der Waals surface area contributed by atoms with Crippen molar-refractivity contribution in [1.82, 2.24) is 5.32 Å². The topological polar surface area (TPSA) is 30.5 Å². The Labute approximate surface area is 126 Å². The van der Waals surface area contributed by atoms with Crippen LogP contribution in [0.4, 0.5) is 0 Å². The highest BCUT2D eigenvalue weighted by molar-refractivity contribution is 6.44. The lowest BCUT2D eigenvalue weighted by atomic mass is 9.81. The van der Waals surface area contributed by atoms with E-state index in [2.05, 4.69) is 12.2 Å². The fraction of sp³-hybridized carbons (Fsp3) is 1.00. The van der Waals surface area contributed by atoms with E-state index in [-0.39, 0.29) is 7.12 Å². The van der Waals surface area contributed by atoms with Crippen LogP contribution < -0.4 is 5.32 Å². The standard InChI is InChI=1S/C16H34BNO2/c1-2-3-4-5-6-7-8-9-10-11-12-17-19-15-13-18-14-16-20-17/h18H,2-16H2,1H3. The molecule has 0 aromatic heterocycles. The molecule has 1 aliphatic rings. The van der Waals surface area contributed by atoms with Crippen LogP contribution in [0.15, 0.2) is 0 Å². The molecule has 1 saturated heterocycles. The normalized spacial score (nSPS) is 16.9. The van der Waals surface area contributed by atoms with E-state index in [1.165, 1.54) is 64.2 Å². The molecule has 0 bridgehead atoms. The van der Waals surface area contributed by atoms with Gasteiger partial charge in [-0.25, -0.2) is 0 Å². The Morgan fingerprint density at radius 2 is 1.25 bits per heavy atom. The zero-order chi connectivity index (χ0) is 14.3. The fourth-order valence-electron chi connectivity index (χ4n) is 2.66. The Hall–Kier alpha value is -0.0551. The monoisotopic (exact) mass is 283 g/mol. The Bertz CT molecular complexity index is 197. The summed E-state index contributed by atoms with van der Waals surface area (Å²) in [5, 5.41) is 3.27. The molecule has 118 valence electrons. The van der Waals surface area contributed by atoms with Gasteiger partial charge in [0.2, 0.25) is 0 Å². The number of rotatable bonds is 11. The second-order valence-corrected chi connectivity index (χ2v) is 5.89. The van der Waals surface area contributed by atoms with E-state index < -0.39 is 0 Å². The van der Waals surface area contributed by atoms with Gasteiger partial charge in [-0.05, 0) is 6.32 Å². The second-order valence-electron chi connectivity index (χ2n) is 5.89. The zero-order valence-corrected chi connectivity index (χ0v) is 13.5. The van der Waals surface area contributed by atoms with Crippen LogP contribution in [0.1, 0.15) is 71.1 Å². The van der Waals surface area contributed by atoms with E-state index in [4.69, 9.17) is 9.31 Å². The van der Waals surface area contributed by atoms with E-state index >= 15 is 0 Å². The Morgan fingerprint density at radius 1 is 0.750 bits per heavy atom. The first-order chi connectivity index (χ1) is 9.93. The lowest BCUT2D eigenvalue weighted by Crippen LogP contribution is -2.35. The van der Waals surface area contributed by atoms with Crippen molar-refractivity contribution < 1.29 is 9.31 Å². The largest absolute Gasteiger partial charge is 0.456 e. The van der Waals surface area contributed by atoms with E-state index in [1.54, 1.807) is 0 Å². The molecule has 0 amide bonds. The van der Waals surface area contributed by atoms with Gasteiger partial charge in [-0.3, -0.25) is 0 Å². The lowest BCUT2D eigenvalue weighted by molar-refractivity contribution is 0.176. The van der Waals surface area contributed by atoms with Crippen LogP contribution in [-0.4, -0.2) is 33.4 Å². The summed E-state index contributed by atoms with van der Waals surface area (Å²) in [5.74, 6) is 0. The molecule has 0 unspecified atom stereocenters. The van der Waals surface area contributed by atoms with Gasteiger partial charge >= 0.3 is 7.12 Å². The summed E-state index contributed by atoms with van der Waals surface area (Å²) in [5.41, 5.74) is 0. The van der Waals surface area contributed by atoms with Gasteiger partial charge in [0, 0.05) is 26.3 Å². The first kappa shape index (κ1) is 18.0. The molecule has 0 aliphatic carbocycles. The van der Waals surface area contributed by atoms with Gasteiger partial charge in [0.05, 0.1) is 0 Å². The van der Waals surface area contributed by atoms with Crippen molar-refractivity contribution in [3.05, 3.63) is 0 Å². The maximum Gasteiger partial charge on any atom is 0.456 e. The van der Waals surface area contributed by atoms with Gasteiger partial charge in [-0.2, -0.15) is 0 Å². The van der Waals surface area contributed by atoms with Gasteiger partial charge in [0.1, 0.15) is 0 Å². The summed E-state index contributed by atoms with van der Waals surface area (Å²) >= 11 is 0. The first-order valence-electron chi connectivity index (χ1n) is 8.87. The van der Waals surface area contributed by atoms with Gasteiger partial charge < -0.3 is 14.6 Å². The van der Waals surface area contributed by atoms with Crippen LogP contribution in [0.3, 0.4) is 0 Å². The molecule has 1 N–H and O–H groups in total. The minimum absolute atomic E-state index is 0.0474. The molecule has 20 heavy (non-hydrogen) atoms. The molecular formula is C16H34BNO2. The second kappa shape index (κ2) is 13.9.